The van der Waals surface area contributed by atoms with Crippen molar-refractivity contribution < 1.29 is 14.3 Å². The van der Waals surface area contributed by atoms with Crippen molar-refractivity contribution in [2.45, 2.75) is 6.92 Å². The van der Waals surface area contributed by atoms with E-state index in [2.05, 4.69) is 5.32 Å². The molecule has 2 amide bonds. The molecule has 1 N–H and O–H groups in total. The predicted octanol–water partition coefficient (Wildman–Crippen LogP) is 3.11. The highest BCUT2D eigenvalue weighted by atomic mass is 35.5. The van der Waals surface area contributed by atoms with Crippen molar-refractivity contribution in [3.05, 3.63) is 40.0 Å². The van der Waals surface area contributed by atoms with Crippen LogP contribution in [0, 0.1) is 11.3 Å². The highest BCUT2D eigenvalue weighted by Crippen LogP contribution is 2.29. The number of hydrogen-bond acceptors (Lipinski definition) is 5. The number of carbonyl (C=O) groups is 2. The Bertz CT molecular complexity index is 753. The molecule has 1 fully saturated rings. The number of benzene rings is 1. The highest BCUT2D eigenvalue weighted by Gasteiger charge is 2.22. The number of nitrogens with one attached hydrogen (secondary N) is 1. The van der Waals surface area contributed by atoms with Gasteiger partial charge < -0.3 is 19.9 Å². The van der Waals surface area contributed by atoms with Gasteiger partial charge in [-0.3, -0.25) is 4.79 Å². The van der Waals surface area contributed by atoms with E-state index in [4.69, 9.17) is 27.9 Å². The lowest BCUT2D eigenvalue weighted by molar-refractivity contribution is -0.112. The molecule has 1 aromatic rings. The number of halogens is 2. The Labute approximate surface area is 161 Å². The number of hydrogen-bond donors (Lipinski definition) is 1. The van der Waals surface area contributed by atoms with Gasteiger partial charge in [0.05, 0.1) is 22.3 Å². The number of nitrogens with zero attached hydrogens (tertiary/aromatic N) is 3. The molecular weight excluding hydrogens is 379 g/mol. The number of ether oxygens (including phenoxy) is 1. The van der Waals surface area contributed by atoms with Crippen molar-refractivity contribution in [3.63, 3.8) is 0 Å². The third-order valence-corrected chi connectivity index (χ3v) is 4.54. The summed E-state index contributed by atoms with van der Waals surface area (Å²) in [5.41, 5.74) is 0.267. The van der Waals surface area contributed by atoms with Crippen LogP contribution in [0.4, 0.5) is 10.5 Å². The number of rotatable bonds is 4. The summed E-state index contributed by atoms with van der Waals surface area (Å²) in [6, 6.07) is 6.73. The molecule has 138 valence electrons. The Morgan fingerprint density at radius 3 is 2.62 bits per heavy atom. The van der Waals surface area contributed by atoms with Crippen LogP contribution in [0.3, 0.4) is 0 Å². The van der Waals surface area contributed by atoms with Gasteiger partial charge in [-0.05, 0) is 19.1 Å². The number of amides is 2. The van der Waals surface area contributed by atoms with Gasteiger partial charge in [-0.25, -0.2) is 4.79 Å². The Kier molecular flexibility index (Phi) is 7.13. The Balaban J connectivity index is 2.00. The van der Waals surface area contributed by atoms with E-state index in [0.29, 0.717) is 43.5 Å². The van der Waals surface area contributed by atoms with Crippen molar-refractivity contribution in [3.8, 4) is 6.07 Å². The summed E-state index contributed by atoms with van der Waals surface area (Å²) in [7, 11) is 0. The molecular formula is C17H18Cl2N4O3. The van der Waals surface area contributed by atoms with Crippen LogP contribution < -0.4 is 5.32 Å². The van der Waals surface area contributed by atoms with Crippen molar-refractivity contribution in [1.29, 1.82) is 5.26 Å². The van der Waals surface area contributed by atoms with Crippen LogP contribution in [0.15, 0.2) is 30.0 Å². The topological polar surface area (TPSA) is 85.7 Å². The molecule has 0 saturated carbocycles. The molecule has 0 bridgehead atoms. The Morgan fingerprint density at radius 1 is 1.31 bits per heavy atom. The molecule has 1 heterocycles. The summed E-state index contributed by atoms with van der Waals surface area (Å²) >= 11 is 12.0. The van der Waals surface area contributed by atoms with Gasteiger partial charge in [0.1, 0.15) is 11.6 Å². The second-order valence-electron chi connectivity index (χ2n) is 5.43. The van der Waals surface area contributed by atoms with E-state index in [1.165, 1.54) is 6.20 Å². The number of anilines is 1. The summed E-state index contributed by atoms with van der Waals surface area (Å²) in [4.78, 5) is 27.4. The number of piperazine rings is 1. The van der Waals surface area contributed by atoms with Gasteiger partial charge in [0.15, 0.2) is 0 Å². The summed E-state index contributed by atoms with van der Waals surface area (Å²) in [5, 5.41) is 12.4. The average Bonchev–Trinajstić information content (AvgIpc) is 2.64. The first-order valence-electron chi connectivity index (χ1n) is 7.99. The zero-order valence-electron chi connectivity index (χ0n) is 14.2. The monoisotopic (exact) mass is 396 g/mol. The summed E-state index contributed by atoms with van der Waals surface area (Å²) in [5.74, 6) is -0.579. The average molecular weight is 397 g/mol. The Morgan fingerprint density at radius 2 is 2.00 bits per heavy atom. The molecule has 0 atom stereocenters. The van der Waals surface area contributed by atoms with Crippen LogP contribution in [0.2, 0.25) is 10.0 Å². The van der Waals surface area contributed by atoms with Gasteiger partial charge in [-0.15, -0.1) is 0 Å². The van der Waals surface area contributed by atoms with Crippen molar-refractivity contribution in [2.24, 2.45) is 0 Å². The van der Waals surface area contributed by atoms with E-state index in [1.807, 2.05) is 11.0 Å². The van der Waals surface area contributed by atoms with Crippen LogP contribution in [0.25, 0.3) is 0 Å². The summed E-state index contributed by atoms with van der Waals surface area (Å²) in [6.07, 6.45) is 1.13. The fourth-order valence-electron chi connectivity index (χ4n) is 2.36. The molecule has 0 spiro atoms. The lowest BCUT2D eigenvalue weighted by Crippen LogP contribution is -2.47. The van der Waals surface area contributed by atoms with Gasteiger partial charge in [0.25, 0.3) is 5.91 Å². The largest absolute Gasteiger partial charge is 0.450 e. The SMILES string of the molecule is CCOC(=O)N1CCN(/C=C(/C#N)C(=O)Nc2cccc(Cl)c2Cl)CC1. The van der Waals surface area contributed by atoms with E-state index in [0.717, 1.165) is 0 Å². The van der Waals surface area contributed by atoms with Gasteiger partial charge in [0, 0.05) is 32.4 Å². The number of nitriles is 1. The molecule has 1 aliphatic rings. The summed E-state index contributed by atoms with van der Waals surface area (Å²) < 4.78 is 4.96. The first kappa shape index (κ1) is 19.9. The third kappa shape index (κ3) is 5.04. The summed E-state index contributed by atoms with van der Waals surface area (Å²) in [6.45, 7) is 3.97. The highest BCUT2D eigenvalue weighted by molar-refractivity contribution is 6.44. The molecule has 7 nitrogen and oxygen atoms in total. The van der Waals surface area contributed by atoms with Crippen molar-refractivity contribution >= 4 is 40.9 Å². The molecule has 0 aliphatic carbocycles. The molecule has 0 aromatic heterocycles. The fourth-order valence-corrected chi connectivity index (χ4v) is 2.71. The molecule has 0 radical (unpaired) electrons. The molecule has 2 rings (SSSR count). The Hall–Kier alpha value is -2.43. The maximum atomic E-state index is 12.3. The second-order valence-corrected chi connectivity index (χ2v) is 6.22. The fraction of sp³-hybridized carbons (Fsp3) is 0.353. The minimum absolute atomic E-state index is 0.0642. The molecule has 1 saturated heterocycles. The molecule has 1 aromatic carbocycles. The van der Waals surface area contributed by atoms with E-state index in [9.17, 15) is 14.9 Å². The van der Waals surface area contributed by atoms with Gasteiger partial charge in [-0.2, -0.15) is 5.26 Å². The first-order valence-corrected chi connectivity index (χ1v) is 8.75. The maximum Gasteiger partial charge on any atom is 0.409 e. The molecule has 0 unspecified atom stereocenters. The van der Waals surface area contributed by atoms with Crippen LogP contribution in [-0.2, 0) is 9.53 Å². The van der Waals surface area contributed by atoms with Crippen LogP contribution in [0.1, 0.15) is 6.92 Å². The van der Waals surface area contributed by atoms with E-state index in [1.54, 1.807) is 30.0 Å². The normalized spacial score (nSPS) is 14.6. The lowest BCUT2D eigenvalue weighted by Gasteiger charge is -2.33. The molecule has 1 aliphatic heterocycles. The maximum absolute atomic E-state index is 12.3. The zero-order chi connectivity index (χ0) is 19.1. The van der Waals surface area contributed by atoms with Crippen LogP contribution in [0.5, 0.6) is 0 Å². The van der Waals surface area contributed by atoms with Gasteiger partial charge in [-0.1, -0.05) is 29.3 Å². The standard InChI is InChI=1S/C17H18Cl2N4O3/c1-2-26-17(25)23-8-6-22(7-9-23)11-12(10-20)16(24)21-14-5-3-4-13(18)15(14)19/h3-5,11H,2,6-9H2,1H3,(H,21,24)/b12-11-. The lowest BCUT2D eigenvalue weighted by atomic mass is 10.2. The van der Waals surface area contributed by atoms with E-state index < -0.39 is 5.91 Å². The minimum Gasteiger partial charge on any atom is -0.450 e. The van der Waals surface area contributed by atoms with Gasteiger partial charge >= 0.3 is 6.09 Å². The van der Waals surface area contributed by atoms with Crippen molar-refractivity contribution in [2.75, 3.05) is 38.1 Å². The molecule has 26 heavy (non-hydrogen) atoms. The van der Waals surface area contributed by atoms with E-state index in [-0.39, 0.29) is 16.7 Å². The van der Waals surface area contributed by atoms with Gasteiger partial charge in [0.2, 0.25) is 0 Å². The molecule has 9 heteroatoms. The predicted molar refractivity (Wildman–Crippen MR) is 99.0 cm³/mol. The number of carbonyl (C=O) groups excluding carboxylic acids is 2. The zero-order valence-corrected chi connectivity index (χ0v) is 15.7. The smallest absolute Gasteiger partial charge is 0.409 e. The van der Waals surface area contributed by atoms with Crippen LogP contribution in [-0.4, -0.2) is 54.6 Å². The second kappa shape index (κ2) is 9.32. The van der Waals surface area contributed by atoms with Crippen LogP contribution >= 0.6 is 23.2 Å². The third-order valence-electron chi connectivity index (χ3n) is 3.72. The van der Waals surface area contributed by atoms with E-state index >= 15 is 0 Å². The minimum atomic E-state index is -0.579. The quantitative estimate of drug-likeness (QED) is 0.623. The van der Waals surface area contributed by atoms with Crippen molar-refractivity contribution in [1.82, 2.24) is 9.80 Å². The first-order chi connectivity index (χ1) is 12.5.